The molecule has 1 atom stereocenters. The second kappa shape index (κ2) is 8.87. The number of thioether (sulfide) groups is 1. The van der Waals surface area contributed by atoms with E-state index in [2.05, 4.69) is 22.1 Å². The Morgan fingerprint density at radius 3 is 2.93 bits per heavy atom. The fourth-order valence-corrected chi connectivity index (χ4v) is 3.58. The largest absolute Gasteiger partial charge is 0.483 e. The van der Waals surface area contributed by atoms with Gasteiger partial charge < -0.3 is 10.1 Å². The number of para-hydroxylation sites is 1. The molecule has 8 nitrogen and oxygen atoms in total. The van der Waals surface area contributed by atoms with Crippen molar-refractivity contribution < 1.29 is 18.7 Å². The van der Waals surface area contributed by atoms with E-state index in [0.29, 0.717) is 30.6 Å². The minimum atomic E-state index is -0.531. The third-order valence-corrected chi connectivity index (χ3v) is 5.12. The summed E-state index contributed by atoms with van der Waals surface area (Å²) >= 11 is 1.19. The van der Waals surface area contributed by atoms with Gasteiger partial charge in [0, 0.05) is 19.6 Å². The summed E-state index contributed by atoms with van der Waals surface area (Å²) in [6.07, 6.45) is 1.67. The predicted molar refractivity (Wildman–Crippen MR) is 101 cm³/mol. The highest BCUT2D eigenvalue weighted by atomic mass is 32.2. The molecule has 0 bridgehead atoms. The van der Waals surface area contributed by atoms with Crippen LogP contribution in [0.1, 0.15) is 12.7 Å². The van der Waals surface area contributed by atoms with Crippen molar-refractivity contribution >= 4 is 23.7 Å². The summed E-state index contributed by atoms with van der Waals surface area (Å²) < 4.78 is 21.0. The Labute approximate surface area is 165 Å². The Balaban J connectivity index is 1.71. The molecule has 0 saturated carbocycles. The zero-order valence-corrected chi connectivity index (χ0v) is 16.1. The molecule has 0 aliphatic carbocycles. The van der Waals surface area contributed by atoms with Gasteiger partial charge in [-0.1, -0.05) is 30.0 Å². The third kappa shape index (κ3) is 4.33. The third-order valence-electron chi connectivity index (χ3n) is 4.05. The lowest BCUT2D eigenvalue weighted by atomic mass is 10.3. The Morgan fingerprint density at radius 1 is 1.46 bits per heavy atom. The van der Waals surface area contributed by atoms with E-state index in [1.807, 2.05) is 0 Å². The van der Waals surface area contributed by atoms with Crippen molar-refractivity contribution in [3.8, 4) is 5.75 Å². The number of ether oxygens (including phenoxy) is 1. The van der Waals surface area contributed by atoms with Crippen LogP contribution in [0.3, 0.4) is 0 Å². The number of halogens is 1. The van der Waals surface area contributed by atoms with Crippen molar-refractivity contribution in [2.24, 2.45) is 0 Å². The second-order valence-corrected chi connectivity index (χ2v) is 7.31. The molecule has 2 heterocycles. The summed E-state index contributed by atoms with van der Waals surface area (Å²) in [6, 6.07) is 5.71. The van der Waals surface area contributed by atoms with Crippen molar-refractivity contribution in [1.82, 2.24) is 25.0 Å². The van der Waals surface area contributed by atoms with Crippen LogP contribution in [0, 0.1) is 5.82 Å². The number of hydrogen-bond donors (Lipinski definition) is 1. The van der Waals surface area contributed by atoms with E-state index >= 15 is 0 Å². The van der Waals surface area contributed by atoms with E-state index in [1.54, 1.807) is 29.7 Å². The van der Waals surface area contributed by atoms with Crippen LogP contribution in [0.15, 0.2) is 42.1 Å². The van der Waals surface area contributed by atoms with E-state index in [4.69, 9.17) is 4.74 Å². The van der Waals surface area contributed by atoms with Gasteiger partial charge in [0.05, 0.1) is 5.25 Å². The van der Waals surface area contributed by atoms with Crippen LogP contribution in [-0.4, -0.2) is 49.9 Å². The standard InChI is InChI=1S/C18H20FN5O3S/c1-3-9-23-15(11-27-14-7-5-4-6-13(14)19)21-22-18(23)28-12(2)16(25)24-10-8-20-17(24)26/h3-7,12H,1,8-11H2,2H3,(H,20,26). The van der Waals surface area contributed by atoms with E-state index in [1.165, 1.54) is 28.8 Å². The maximum atomic E-state index is 13.7. The Kier molecular flexibility index (Phi) is 6.30. The summed E-state index contributed by atoms with van der Waals surface area (Å²) in [4.78, 5) is 25.4. The van der Waals surface area contributed by atoms with Gasteiger partial charge in [-0.2, -0.15) is 0 Å². The highest BCUT2D eigenvalue weighted by Crippen LogP contribution is 2.25. The monoisotopic (exact) mass is 405 g/mol. The fourth-order valence-electron chi connectivity index (χ4n) is 2.64. The van der Waals surface area contributed by atoms with Crippen molar-refractivity contribution in [3.63, 3.8) is 0 Å². The lowest BCUT2D eigenvalue weighted by Crippen LogP contribution is -2.39. The summed E-state index contributed by atoms with van der Waals surface area (Å²) in [7, 11) is 0. The molecule has 1 unspecified atom stereocenters. The molecular formula is C18H20FN5O3S. The highest BCUT2D eigenvalue weighted by molar-refractivity contribution is 8.00. The molecule has 1 fully saturated rings. The second-order valence-electron chi connectivity index (χ2n) is 6.00. The Hall–Kier alpha value is -2.88. The van der Waals surface area contributed by atoms with Gasteiger partial charge in [0.25, 0.3) is 0 Å². The van der Waals surface area contributed by atoms with Crippen molar-refractivity contribution in [2.45, 2.75) is 30.5 Å². The molecule has 3 amide bonds. The van der Waals surface area contributed by atoms with Crippen LogP contribution in [0.25, 0.3) is 0 Å². The van der Waals surface area contributed by atoms with Crippen LogP contribution >= 0.6 is 11.8 Å². The first kappa shape index (κ1) is 19.9. The number of nitrogens with zero attached hydrogens (tertiary/aromatic N) is 4. The van der Waals surface area contributed by atoms with Gasteiger partial charge >= 0.3 is 6.03 Å². The van der Waals surface area contributed by atoms with E-state index in [9.17, 15) is 14.0 Å². The first-order valence-corrected chi connectivity index (χ1v) is 9.55. The number of rotatable bonds is 8. The number of aromatic nitrogens is 3. The van der Waals surface area contributed by atoms with Crippen LogP contribution in [0.5, 0.6) is 5.75 Å². The van der Waals surface area contributed by atoms with Gasteiger partial charge in [0.1, 0.15) is 6.61 Å². The molecule has 28 heavy (non-hydrogen) atoms. The molecule has 1 saturated heterocycles. The maximum Gasteiger partial charge on any atom is 0.324 e. The number of nitrogens with one attached hydrogen (secondary N) is 1. The van der Waals surface area contributed by atoms with Crippen LogP contribution in [0.4, 0.5) is 9.18 Å². The minimum Gasteiger partial charge on any atom is -0.483 e. The molecule has 1 N–H and O–H groups in total. The SMILES string of the molecule is C=CCn1c(COc2ccccc2F)nnc1SC(C)C(=O)N1CCNC1=O. The van der Waals surface area contributed by atoms with Crippen molar-refractivity contribution in [3.05, 3.63) is 48.6 Å². The molecular weight excluding hydrogens is 385 g/mol. The number of carbonyl (C=O) groups is 2. The zero-order chi connectivity index (χ0) is 20.1. The smallest absolute Gasteiger partial charge is 0.324 e. The number of amides is 3. The number of imide groups is 1. The van der Waals surface area contributed by atoms with Crippen LogP contribution < -0.4 is 10.1 Å². The molecule has 10 heteroatoms. The summed E-state index contributed by atoms with van der Waals surface area (Å²) in [5.41, 5.74) is 0. The van der Waals surface area contributed by atoms with Gasteiger partial charge in [-0.05, 0) is 19.1 Å². The molecule has 148 valence electrons. The number of hydrogen-bond acceptors (Lipinski definition) is 6. The fraction of sp³-hybridized carbons (Fsp3) is 0.333. The Morgan fingerprint density at radius 2 is 2.25 bits per heavy atom. The molecule has 3 rings (SSSR count). The molecule has 1 aromatic carbocycles. The van der Waals surface area contributed by atoms with Crippen molar-refractivity contribution in [2.75, 3.05) is 13.1 Å². The number of urea groups is 1. The first-order valence-electron chi connectivity index (χ1n) is 8.67. The summed E-state index contributed by atoms with van der Waals surface area (Å²) in [5, 5.41) is 10.8. The first-order chi connectivity index (χ1) is 13.5. The molecule has 1 aliphatic heterocycles. The molecule has 1 aliphatic rings. The van der Waals surface area contributed by atoms with Gasteiger partial charge in [-0.25, -0.2) is 9.18 Å². The minimum absolute atomic E-state index is 0.0131. The number of carbonyl (C=O) groups excluding carboxylic acids is 2. The normalized spacial score (nSPS) is 14.6. The highest BCUT2D eigenvalue weighted by Gasteiger charge is 2.31. The number of benzene rings is 1. The van der Waals surface area contributed by atoms with E-state index < -0.39 is 11.1 Å². The summed E-state index contributed by atoms with van der Waals surface area (Å²) in [5.74, 6) is -0.162. The average molecular weight is 405 g/mol. The van der Waals surface area contributed by atoms with Crippen LogP contribution in [-0.2, 0) is 17.9 Å². The van der Waals surface area contributed by atoms with Crippen LogP contribution in [0.2, 0.25) is 0 Å². The average Bonchev–Trinajstić information content (AvgIpc) is 3.27. The van der Waals surface area contributed by atoms with Gasteiger partial charge in [-0.15, -0.1) is 16.8 Å². The molecule has 2 aromatic rings. The maximum absolute atomic E-state index is 13.7. The van der Waals surface area contributed by atoms with Gasteiger partial charge in [0.2, 0.25) is 5.91 Å². The number of allylic oxidation sites excluding steroid dienone is 1. The van der Waals surface area contributed by atoms with Gasteiger partial charge in [-0.3, -0.25) is 14.3 Å². The predicted octanol–water partition coefficient (Wildman–Crippen LogP) is 2.21. The lowest BCUT2D eigenvalue weighted by molar-refractivity contribution is -0.126. The molecule has 0 radical (unpaired) electrons. The van der Waals surface area contributed by atoms with Gasteiger partial charge in [0.15, 0.2) is 22.5 Å². The van der Waals surface area contributed by atoms with E-state index in [0.717, 1.165) is 0 Å². The molecule has 1 aromatic heterocycles. The van der Waals surface area contributed by atoms with E-state index in [-0.39, 0.29) is 24.3 Å². The lowest BCUT2D eigenvalue weighted by Gasteiger charge is -2.17. The summed E-state index contributed by atoms with van der Waals surface area (Å²) in [6.45, 7) is 6.65. The quantitative estimate of drug-likeness (QED) is 0.535. The van der Waals surface area contributed by atoms with Crippen molar-refractivity contribution in [1.29, 1.82) is 0 Å². The topological polar surface area (TPSA) is 89.3 Å². The Bertz CT molecular complexity index is 888. The zero-order valence-electron chi connectivity index (χ0n) is 15.3. The molecule has 0 spiro atoms.